The van der Waals surface area contributed by atoms with Crippen LogP contribution in [0.4, 0.5) is 5.69 Å². The fraction of sp³-hybridized carbons (Fsp3) is 0.300. The number of benzene rings is 1. The lowest BCUT2D eigenvalue weighted by molar-refractivity contribution is -0.122. The van der Waals surface area contributed by atoms with E-state index in [0.29, 0.717) is 18.0 Å². The van der Waals surface area contributed by atoms with Gasteiger partial charge in [-0.25, -0.2) is 0 Å². The topological polar surface area (TPSA) is 64.3 Å². The SMILES string of the molecule is C[C@H]1Oc2ccc(CN)cc2NC1=O.Cl. The molecule has 1 aliphatic rings. The van der Waals surface area contributed by atoms with Gasteiger partial charge in [0.25, 0.3) is 5.91 Å². The molecule has 0 saturated carbocycles. The Kier molecular flexibility index (Phi) is 3.55. The van der Waals surface area contributed by atoms with E-state index >= 15 is 0 Å². The Hall–Kier alpha value is -1.26. The summed E-state index contributed by atoms with van der Waals surface area (Å²) >= 11 is 0. The second-order valence-electron chi connectivity index (χ2n) is 3.28. The van der Waals surface area contributed by atoms with Gasteiger partial charge in [0.1, 0.15) is 5.75 Å². The third-order valence-corrected chi connectivity index (χ3v) is 2.21. The van der Waals surface area contributed by atoms with Crippen molar-refractivity contribution in [2.75, 3.05) is 5.32 Å². The quantitative estimate of drug-likeness (QED) is 0.761. The van der Waals surface area contributed by atoms with Crippen molar-refractivity contribution in [3.63, 3.8) is 0 Å². The van der Waals surface area contributed by atoms with Crippen LogP contribution >= 0.6 is 12.4 Å². The van der Waals surface area contributed by atoms with E-state index in [9.17, 15) is 4.79 Å². The number of halogens is 1. The summed E-state index contributed by atoms with van der Waals surface area (Å²) in [6.45, 7) is 2.17. The number of nitrogens with two attached hydrogens (primary N) is 1. The average Bonchev–Trinajstić information content (AvgIpc) is 2.19. The second kappa shape index (κ2) is 4.51. The van der Waals surface area contributed by atoms with Gasteiger partial charge in [-0.15, -0.1) is 12.4 Å². The Morgan fingerprint density at radius 1 is 1.53 bits per heavy atom. The second-order valence-corrected chi connectivity index (χ2v) is 3.28. The first-order chi connectivity index (χ1) is 6.70. The molecule has 2 rings (SSSR count). The summed E-state index contributed by atoms with van der Waals surface area (Å²) in [4.78, 5) is 11.3. The van der Waals surface area contributed by atoms with Gasteiger partial charge in [-0.2, -0.15) is 0 Å². The zero-order valence-corrected chi connectivity index (χ0v) is 9.14. The molecule has 0 fully saturated rings. The molecule has 0 radical (unpaired) electrons. The number of amides is 1. The summed E-state index contributed by atoms with van der Waals surface area (Å²) in [5.74, 6) is 0.584. The molecule has 0 unspecified atom stereocenters. The molecule has 1 aromatic carbocycles. The lowest BCUT2D eigenvalue weighted by Gasteiger charge is -2.23. The first-order valence-electron chi connectivity index (χ1n) is 4.51. The Morgan fingerprint density at radius 2 is 2.27 bits per heavy atom. The van der Waals surface area contributed by atoms with Gasteiger partial charge in [-0.3, -0.25) is 4.79 Å². The molecule has 0 aromatic heterocycles. The Bertz CT molecular complexity index is 382. The summed E-state index contributed by atoms with van der Waals surface area (Å²) in [7, 11) is 0. The molecule has 0 spiro atoms. The highest BCUT2D eigenvalue weighted by Gasteiger charge is 2.23. The van der Waals surface area contributed by atoms with E-state index in [1.165, 1.54) is 0 Å². The Morgan fingerprint density at radius 3 is 2.93 bits per heavy atom. The monoisotopic (exact) mass is 228 g/mol. The molecule has 0 bridgehead atoms. The summed E-state index contributed by atoms with van der Waals surface area (Å²) < 4.78 is 5.39. The third-order valence-electron chi connectivity index (χ3n) is 2.21. The third kappa shape index (κ3) is 2.22. The fourth-order valence-corrected chi connectivity index (χ4v) is 1.38. The molecule has 1 aliphatic heterocycles. The normalized spacial score (nSPS) is 18.3. The predicted molar refractivity (Wildman–Crippen MR) is 60.3 cm³/mol. The molecular weight excluding hydrogens is 216 g/mol. The van der Waals surface area contributed by atoms with Gasteiger partial charge in [0.2, 0.25) is 0 Å². The van der Waals surface area contributed by atoms with E-state index in [1.54, 1.807) is 6.92 Å². The minimum absolute atomic E-state index is 0. The van der Waals surface area contributed by atoms with Gasteiger partial charge in [0.15, 0.2) is 6.10 Å². The minimum Gasteiger partial charge on any atom is -0.479 e. The average molecular weight is 229 g/mol. The van der Waals surface area contributed by atoms with Crippen molar-refractivity contribution in [1.82, 2.24) is 0 Å². The first kappa shape index (κ1) is 11.8. The molecule has 1 heterocycles. The lowest BCUT2D eigenvalue weighted by Crippen LogP contribution is -2.34. The van der Waals surface area contributed by atoms with Gasteiger partial charge in [0.05, 0.1) is 5.69 Å². The van der Waals surface area contributed by atoms with Gasteiger partial charge < -0.3 is 15.8 Å². The fourth-order valence-electron chi connectivity index (χ4n) is 1.38. The van der Waals surface area contributed by atoms with Crippen LogP contribution in [0.25, 0.3) is 0 Å². The summed E-state index contributed by atoms with van der Waals surface area (Å²) in [5, 5.41) is 2.76. The van der Waals surface area contributed by atoms with E-state index in [2.05, 4.69) is 5.32 Å². The molecule has 15 heavy (non-hydrogen) atoms. The molecule has 82 valence electrons. The van der Waals surface area contributed by atoms with E-state index < -0.39 is 6.10 Å². The van der Waals surface area contributed by atoms with E-state index in [-0.39, 0.29) is 18.3 Å². The summed E-state index contributed by atoms with van der Waals surface area (Å²) in [5.41, 5.74) is 7.17. The number of hydrogen-bond acceptors (Lipinski definition) is 3. The van der Waals surface area contributed by atoms with Crippen LogP contribution in [0.1, 0.15) is 12.5 Å². The van der Waals surface area contributed by atoms with Crippen LogP contribution in [0, 0.1) is 0 Å². The van der Waals surface area contributed by atoms with Crippen LogP contribution in [0.3, 0.4) is 0 Å². The number of nitrogens with one attached hydrogen (secondary N) is 1. The van der Waals surface area contributed by atoms with Crippen molar-refractivity contribution < 1.29 is 9.53 Å². The molecule has 5 heteroatoms. The molecule has 4 nitrogen and oxygen atoms in total. The maximum absolute atomic E-state index is 11.3. The van der Waals surface area contributed by atoms with Crippen LogP contribution in [-0.4, -0.2) is 12.0 Å². The highest BCUT2D eigenvalue weighted by molar-refractivity contribution is 5.97. The summed E-state index contributed by atoms with van der Waals surface area (Å²) in [6.07, 6.45) is -0.425. The standard InChI is InChI=1S/C10H12N2O2.ClH/c1-6-10(13)12-8-4-7(5-11)2-3-9(8)14-6;/h2-4,6H,5,11H2,1H3,(H,12,13);1H/t6-;/m1./s1. The Balaban J connectivity index is 0.00000112. The highest BCUT2D eigenvalue weighted by Crippen LogP contribution is 2.30. The smallest absolute Gasteiger partial charge is 0.265 e. The van der Waals surface area contributed by atoms with E-state index in [0.717, 1.165) is 5.56 Å². The molecule has 1 aromatic rings. The van der Waals surface area contributed by atoms with Crippen LogP contribution in [-0.2, 0) is 11.3 Å². The van der Waals surface area contributed by atoms with Crippen LogP contribution in [0.5, 0.6) is 5.75 Å². The number of rotatable bonds is 1. The van der Waals surface area contributed by atoms with E-state index in [1.807, 2.05) is 18.2 Å². The zero-order valence-electron chi connectivity index (χ0n) is 8.32. The number of fused-ring (bicyclic) bond motifs is 1. The van der Waals surface area contributed by atoms with E-state index in [4.69, 9.17) is 10.5 Å². The van der Waals surface area contributed by atoms with Crippen molar-refractivity contribution in [2.45, 2.75) is 19.6 Å². The molecule has 3 N–H and O–H groups in total. The van der Waals surface area contributed by atoms with Crippen molar-refractivity contribution in [2.24, 2.45) is 5.73 Å². The number of ether oxygens (including phenoxy) is 1. The minimum atomic E-state index is -0.425. The van der Waals surface area contributed by atoms with Crippen LogP contribution < -0.4 is 15.8 Å². The van der Waals surface area contributed by atoms with Gasteiger partial charge in [0, 0.05) is 6.54 Å². The van der Waals surface area contributed by atoms with Gasteiger partial charge in [-0.1, -0.05) is 6.07 Å². The number of carbonyl (C=O) groups is 1. The van der Waals surface area contributed by atoms with Crippen LogP contribution in [0.15, 0.2) is 18.2 Å². The number of carbonyl (C=O) groups excluding carboxylic acids is 1. The van der Waals surface area contributed by atoms with Gasteiger partial charge in [-0.05, 0) is 24.6 Å². The Labute approximate surface area is 94.2 Å². The maximum atomic E-state index is 11.3. The first-order valence-corrected chi connectivity index (χ1v) is 4.51. The lowest BCUT2D eigenvalue weighted by atomic mass is 10.1. The van der Waals surface area contributed by atoms with Gasteiger partial charge >= 0.3 is 0 Å². The number of anilines is 1. The zero-order chi connectivity index (χ0) is 10.1. The number of hydrogen-bond donors (Lipinski definition) is 2. The summed E-state index contributed by atoms with van der Waals surface area (Å²) in [6, 6.07) is 5.55. The van der Waals surface area contributed by atoms with Crippen molar-refractivity contribution in [3.05, 3.63) is 23.8 Å². The van der Waals surface area contributed by atoms with Crippen molar-refractivity contribution >= 4 is 24.0 Å². The molecular formula is C10H13ClN2O2. The maximum Gasteiger partial charge on any atom is 0.265 e. The molecule has 0 saturated heterocycles. The molecule has 1 atom stereocenters. The molecule has 1 amide bonds. The van der Waals surface area contributed by atoms with Crippen LogP contribution in [0.2, 0.25) is 0 Å². The van der Waals surface area contributed by atoms with Crippen molar-refractivity contribution in [3.8, 4) is 5.75 Å². The highest BCUT2D eigenvalue weighted by atomic mass is 35.5. The van der Waals surface area contributed by atoms with Crippen molar-refractivity contribution in [1.29, 1.82) is 0 Å². The molecule has 0 aliphatic carbocycles. The predicted octanol–water partition coefficient (Wildman–Crippen LogP) is 1.29. The largest absolute Gasteiger partial charge is 0.479 e.